The third-order valence-corrected chi connectivity index (χ3v) is 3.52. The van der Waals surface area contributed by atoms with E-state index >= 15 is 0 Å². The molecule has 0 aromatic carbocycles. The fraction of sp³-hybridized carbons (Fsp3) is 0.714. The van der Waals surface area contributed by atoms with E-state index < -0.39 is 0 Å². The minimum atomic E-state index is 0.142. The molecule has 1 aliphatic rings. The predicted octanol–water partition coefficient (Wildman–Crippen LogP) is 3.35. The molecule has 0 aromatic heterocycles. The van der Waals surface area contributed by atoms with Crippen LogP contribution >= 0.6 is 0 Å². The minimum Gasteiger partial charge on any atom is -0.499 e. The van der Waals surface area contributed by atoms with Crippen molar-refractivity contribution in [3.8, 4) is 0 Å². The van der Waals surface area contributed by atoms with Gasteiger partial charge in [0.1, 0.15) is 6.10 Å². The maximum Gasteiger partial charge on any atom is 0.101 e. The van der Waals surface area contributed by atoms with Crippen LogP contribution in [-0.4, -0.2) is 28.6 Å². The van der Waals surface area contributed by atoms with Gasteiger partial charge in [-0.3, -0.25) is 4.90 Å². The van der Waals surface area contributed by atoms with Gasteiger partial charge < -0.3 is 4.74 Å². The number of piperidine rings is 1. The van der Waals surface area contributed by atoms with E-state index in [4.69, 9.17) is 4.74 Å². The Labute approximate surface area is 100.0 Å². The van der Waals surface area contributed by atoms with Crippen molar-refractivity contribution in [2.45, 2.75) is 57.7 Å². The average Bonchev–Trinajstić information content (AvgIpc) is 2.10. The van der Waals surface area contributed by atoms with Crippen LogP contribution in [0, 0.1) is 0 Å². The summed E-state index contributed by atoms with van der Waals surface area (Å²) in [5.41, 5.74) is 0.285. The smallest absolute Gasteiger partial charge is 0.101 e. The zero-order valence-electron chi connectivity index (χ0n) is 11.1. The van der Waals surface area contributed by atoms with Gasteiger partial charge >= 0.3 is 0 Å². The molecule has 0 aromatic rings. The third kappa shape index (κ3) is 2.67. The summed E-state index contributed by atoms with van der Waals surface area (Å²) in [6.45, 7) is 17.5. The van der Waals surface area contributed by atoms with Crippen LogP contribution in [0.25, 0.3) is 0 Å². The van der Waals surface area contributed by atoms with Gasteiger partial charge in [0.15, 0.2) is 0 Å². The van der Waals surface area contributed by atoms with E-state index in [0.717, 1.165) is 19.4 Å². The van der Waals surface area contributed by atoms with Gasteiger partial charge in [-0.05, 0) is 27.7 Å². The van der Waals surface area contributed by atoms with E-state index in [2.05, 4.69) is 45.8 Å². The van der Waals surface area contributed by atoms with Gasteiger partial charge in [0.05, 0.1) is 6.26 Å². The van der Waals surface area contributed by atoms with Gasteiger partial charge in [0.2, 0.25) is 0 Å². The molecule has 1 saturated heterocycles. The standard InChI is InChI=1S/C14H25NO/c1-7-9-15-13(3,4)10-12(16-8-2)11-14(15,5)6/h7-8,12H,1-2,9-11H2,3-6H3. The Morgan fingerprint density at radius 3 is 2.06 bits per heavy atom. The summed E-state index contributed by atoms with van der Waals surface area (Å²) in [6, 6.07) is 0. The lowest BCUT2D eigenvalue weighted by Gasteiger charge is -2.54. The first-order chi connectivity index (χ1) is 7.33. The van der Waals surface area contributed by atoms with E-state index in [-0.39, 0.29) is 17.2 Å². The number of likely N-dealkylation sites (tertiary alicyclic amines) is 1. The topological polar surface area (TPSA) is 12.5 Å². The van der Waals surface area contributed by atoms with Crippen LogP contribution in [0.4, 0.5) is 0 Å². The summed E-state index contributed by atoms with van der Waals surface area (Å²) in [4.78, 5) is 2.51. The molecule has 1 aliphatic heterocycles. The Bertz CT molecular complexity index is 250. The second-order valence-electron chi connectivity index (χ2n) is 5.86. The van der Waals surface area contributed by atoms with E-state index in [0.29, 0.717) is 0 Å². The largest absolute Gasteiger partial charge is 0.499 e. The molecule has 1 heterocycles. The lowest BCUT2D eigenvalue weighted by Crippen LogP contribution is -2.61. The van der Waals surface area contributed by atoms with Crippen LogP contribution in [-0.2, 0) is 4.74 Å². The van der Waals surface area contributed by atoms with Crippen LogP contribution in [0.5, 0.6) is 0 Å². The SMILES string of the molecule is C=CCN1C(C)(C)CC(OC=C)CC1(C)C. The third-order valence-electron chi connectivity index (χ3n) is 3.52. The second-order valence-corrected chi connectivity index (χ2v) is 5.86. The summed E-state index contributed by atoms with van der Waals surface area (Å²) in [5.74, 6) is 0. The molecule has 0 N–H and O–H groups in total. The van der Waals surface area contributed by atoms with Crippen molar-refractivity contribution in [2.24, 2.45) is 0 Å². The van der Waals surface area contributed by atoms with Crippen molar-refractivity contribution >= 4 is 0 Å². The summed E-state index contributed by atoms with van der Waals surface area (Å²) in [7, 11) is 0. The van der Waals surface area contributed by atoms with Crippen LogP contribution < -0.4 is 0 Å². The second kappa shape index (κ2) is 4.62. The van der Waals surface area contributed by atoms with Gasteiger partial charge in [-0.15, -0.1) is 6.58 Å². The molecular weight excluding hydrogens is 198 g/mol. The van der Waals surface area contributed by atoms with Crippen molar-refractivity contribution in [1.29, 1.82) is 0 Å². The molecule has 2 heteroatoms. The molecule has 0 saturated carbocycles. The number of hydrogen-bond donors (Lipinski definition) is 0. The molecule has 0 radical (unpaired) electrons. The average molecular weight is 223 g/mol. The maximum absolute atomic E-state index is 5.59. The van der Waals surface area contributed by atoms with Crippen molar-refractivity contribution in [2.75, 3.05) is 6.54 Å². The van der Waals surface area contributed by atoms with E-state index in [1.54, 1.807) is 6.26 Å². The molecule has 1 rings (SSSR count). The molecule has 1 fully saturated rings. The number of hydrogen-bond acceptors (Lipinski definition) is 2. The highest BCUT2D eigenvalue weighted by molar-refractivity contribution is 5.02. The molecule has 2 nitrogen and oxygen atoms in total. The summed E-state index contributed by atoms with van der Waals surface area (Å²) >= 11 is 0. The lowest BCUT2D eigenvalue weighted by atomic mass is 9.78. The fourth-order valence-corrected chi connectivity index (χ4v) is 3.08. The highest BCUT2D eigenvalue weighted by Crippen LogP contribution is 2.39. The number of nitrogens with zero attached hydrogens (tertiary/aromatic N) is 1. The summed E-state index contributed by atoms with van der Waals surface area (Å²) in [6.07, 6.45) is 5.91. The maximum atomic E-state index is 5.59. The van der Waals surface area contributed by atoms with E-state index in [1.807, 2.05) is 6.08 Å². The van der Waals surface area contributed by atoms with Crippen molar-refractivity contribution in [3.63, 3.8) is 0 Å². The van der Waals surface area contributed by atoms with Crippen LogP contribution in [0.3, 0.4) is 0 Å². The molecule has 0 bridgehead atoms. The van der Waals surface area contributed by atoms with Crippen molar-refractivity contribution in [1.82, 2.24) is 4.90 Å². The Morgan fingerprint density at radius 1 is 1.19 bits per heavy atom. The molecule has 0 amide bonds. The highest BCUT2D eigenvalue weighted by Gasteiger charge is 2.45. The Balaban J connectivity index is 2.88. The van der Waals surface area contributed by atoms with E-state index in [9.17, 15) is 0 Å². The first-order valence-electron chi connectivity index (χ1n) is 5.98. The van der Waals surface area contributed by atoms with Crippen molar-refractivity contribution in [3.05, 3.63) is 25.5 Å². The van der Waals surface area contributed by atoms with Gasteiger partial charge in [0.25, 0.3) is 0 Å². The zero-order valence-corrected chi connectivity index (χ0v) is 11.1. The molecule has 0 unspecified atom stereocenters. The minimum absolute atomic E-state index is 0.142. The van der Waals surface area contributed by atoms with Gasteiger partial charge in [-0.1, -0.05) is 12.7 Å². The Hall–Kier alpha value is -0.760. The predicted molar refractivity (Wildman–Crippen MR) is 69.4 cm³/mol. The fourth-order valence-electron chi connectivity index (χ4n) is 3.08. The quantitative estimate of drug-likeness (QED) is 0.535. The molecule has 0 spiro atoms. The molecule has 92 valence electrons. The molecule has 0 aliphatic carbocycles. The Morgan fingerprint density at radius 2 is 1.69 bits per heavy atom. The summed E-state index contributed by atoms with van der Waals surface area (Å²) < 4.78 is 5.59. The molecule has 0 atom stereocenters. The zero-order chi connectivity index (χ0) is 12.4. The van der Waals surface area contributed by atoms with Gasteiger partial charge in [0, 0.05) is 30.5 Å². The molecule has 16 heavy (non-hydrogen) atoms. The van der Waals surface area contributed by atoms with Crippen LogP contribution in [0.15, 0.2) is 25.5 Å². The van der Waals surface area contributed by atoms with Crippen molar-refractivity contribution < 1.29 is 4.74 Å². The van der Waals surface area contributed by atoms with E-state index in [1.165, 1.54) is 0 Å². The lowest BCUT2D eigenvalue weighted by molar-refractivity contribution is -0.0772. The first kappa shape index (κ1) is 13.3. The Kier molecular flexibility index (Phi) is 3.84. The summed E-state index contributed by atoms with van der Waals surface area (Å²) in [5, 5.41) is 0. The number of rotatable bonds is 4. The number of ether oxygens (including phenoxy) is 1. The monoisotopic (exact) mass is 223 g/mol. The highest BCUT2D eigenvalue weighted by atomic mass is 16.5. The molecular formula is C14H25NO. The first-order valence-corrected chi connectivity index (χ1v) is 5.98. The van der Waals surface area contributed by atoms with Gasteiger partial charge in [-0.2, -0.15) is 0 Å². The normalized spacial score (nSPS) is 25.0. The van der Waals surface area contributed by atoms with Crippen LogP contribution in [0.2, 0.25) is 0 Å². The van der Waals surface area contributed by atoms with Crippen LogP contribution in [0.1, 0.15) is 40.5 Å². The van der Waals surface area contributed by atoms with Gasteiger partial charge in [-0.25, -0.2) is 0 Å².